The molecule has 1 fully saturated rings. The third kappa shape index (κ3) is 2.78. The molecule has 2 aliphatic heterocycles. The van der Waals surface area contributed by atoms with E-state index >= 15 is 0 Å². The third-order valence-electron chi connectivity index (χ3n) is 4.65. The minimum atomic E-state index is -0.310. The number of ether oxygens (including phenoxy) is 2. The maximum absolute atomic E-state index is 13.0. The smallest absolute Gasteiger partial charge is 0.266 e. The van der Waals surface area contributed by atoms with Gasteiger partial charge in [0.05, 0.1) is 23.4 Å². The summed E-state index contributed by atoms with van der Waals surface area (Å²) in [7, 11) is 0. The average molecular weight is 351 g/mol. The van der Waals surface area contributed by atoms with E-state index in [-0.39, 0.29) is 23.3 Å². The van der Waals surface area contributed by atoms with E-state index in [1.165, 1.54) is 4.90 Å². The number of epoxide rings is 1. The first-order chi connectivity index (χ1) is 12.4. The third-order valence-corrected chi connectivity index (χ3v) is 4.65. The van der Waals surface area contributed by atoms with Crippen molar-refractivity contribution >= 4 is 17.5 Å². The van der Waals surface area contributed by atoms with Crippen LogP contribution in [0.3, 0.4) is 0 Å². The molecule has 0 bridgehead atoms. The molecule has 1 saturated heterocycles. The van der Waals surface area contributed by atoms with Crippen molar-refractivity contribution in [3.05, 3.63) is 59.2 Å². The zero-order chi connectivity index (χ0) is 18.5. The van der Waals surface area contributed by atoms with Crippen molar-refractivity contribution in [3.8, 4) is 5.75 Å². The second kappa shape index (κ2) is 5.95. The van der Waals surface area contributed by atoms with Crippen molar-refractivity contribution in [2.75, 3.05) is 18.1 Å². The molecule has 5 nitrogen and oxygen atoms in total. The highest BCUT2D eigenvalue weighted by atomic mass is 16.6. The Balaban J connectivity index is 1.84. The van der Waals surface area contributed by atoms with Gasteiger partial charge in [0.2, 0.25) is 0 Å². The van der Waals surface area contributed by atoms with Crippen molar-refractivity contribution in [2.24, 2.45) is 0 Å². The van der Waals surface area contributed by atoms with Gasteiger partial charge < -0.3 is 9.47 Å². The Labute approximate surface area is 152 Å². The minimum Gasteiger partial charge on any atom is -0.489 e. The van der Waals surface area contributed by atoms with Crippen LogP contribution < -0.4 is 9.64 Å². The molecule has 2 aromatic rings. The number of anilines is 1. The maximum atomic E-state index is 13.0. The molecule has 2 amide bonds. The largest absolute Gasteiger partial charge is 0.489 e. The number of fused-ring (bicyclic) bond motifs is 1. The first kappa shape index (κ1) is 16.8. The van der Waals surface area contributed by atoms with Crippen LogP contribution in [-0.2, 0) is 10.2 Å². The summed E-state index contributed by atoms with van der Waals surface area (Å²) in [5, 5.41) is 0. The van der Waals surface area contributed by atoms with E-state index in [4.69, 9.17) is 9.47 Å². The van der Waals surface area contributed by atoms with Gasteiger partial charge in [-0.15, -0.1) is 0 Å². The lowest BCUT2D eigenvalue weighted by Crippen LogP contribution is -2.32. The fourth-order valence-corrected chi connectivity index (χ4v) is 3.21. The first-order valence-electron chi connectivity index (χ1n) is 8.73. The number of para-hydroxylation sites is 1. The topological polar surface area (TPSA) is 59.1 Å². The summed E-state index contributed by atoms with van der Waals surface area (Å²) in [5.41, 5.74) is 2.02. The molecule has 4 rings (SSSR count). The molecule has 2 heterocycles. The van der Waals surface area contributed by atoms with Gasteiger partial charge in [-0.1, -0.05) is 45.0 Å². The van der Waals surface area contributed by atoms with Crippen LogP contribution in [0.1, 0.15) is 47.1 Å². The molecule has 2 aliphatic rings. The molecule has 0 N–H and O–H groups in total. The van der Waals surface area contributed by atoms with E-state index in [9.17, 15) is 9.59 Å². The number of rotatable bonds is 4. The van der Waals surface area contributed by atoms with Crippen LogP contribution in [0.25, 0.3) is 0 Å². The highest BCUT2D eigenvalue weighted by Crippen LogP contribution is 2.42. The number of nitrogens with zero attached hydrogens (tertiary/aromatic N) is 1. The van der Waals surface area contributed by atoms with Gasteiger partial charge in [0, 0.05) is 0 Å². The first-order valence-corrected chi connectivity index (χ1v) is 8.73. The Hall–Kier alpha value is -2.66. The Kier molecular flexibility index (Phi) is 3.84. The van der Waals surface area contributed by atoms with Gasteiger partial charge >= 0.3 is 0 Å². The van der Waals surface area contributed by atoms with Crippen molar-refractivity contribution in [1.29, 1.82) is 0 Å². The summed E-state index contributed by atoms with van der Waals surface area (Å²) in [6, 6.07) is 12.6. The van der Waals surface area contributed by atoms with Crippen LogP contribution in [0.15, 0.2) is 42.5 Å². The van der Waals surface area contributed by atoms with Crippen molar-refractivity contribution in [3.63, 3.8) is 0 Å². The van der Waals surface area contributed by atoms with E-state index in [1.54, 1.807) is 30.3 Å². The number of carbonyl (C=O) groups is 2. The molecule has 0 radical (unpaired) electrons. The number of amides is 2. The van der Waals surface area contributed by atoms with Gasteiger partial charge in [-0.2, -0.15) is 0 Å². The Morgan fingerprint density at radius 2 is 1.65 bits per heavy atom. The number of hydrogen-bond donors (Lipinski definition) is 0. The van der Waals surface area contributed by atoms with Gasteiger partial charge in [0.25, 0.3) is 11.8 Å². The molecular formula is C21H21NO4. The molecule has 0 saturated carbocycles. The van der Waals surface area contributed by atoms with Crippen LogP contribution in [0.5, 0.6) is 5.75 Å². The van der Waals surface area contributed by atoms with Crippen LogP contribution in [-0.4, -0.2) is 31.1 Å². The fraction of sp³-hybridized carbons (Fsp3) is 0.333. The van der Waals surface area contributed by atoms with Gasteiger partial charge in [-0.05, 0) is 29.2 Å². The SMILES string of the molecule is CC(C)(C)c1cccc(OCC2CO2)c1N1C(=O)c2ccccc2C1=O. The molecule has 1 atom stereocenters. The van der Waals surface area contributed by atoms with Crippen LogP contribution in [0.2, 0.25) is 0 Å². The maximum Gasteiger partial charge on any atom is 0.266 e. The molecule has 5 heteroatoms. The number of imide groups is 1. The van der Waals surface area contributed by atoms with Crippen LogP contribution in [0.4, 0.5) is 5.69 Å². The number of carbonyl (C=O) groups excluding carboxylic acids is 2. The molecular weight excluding hydrogens is 330 g/mol. The lowest BCUT2D eigenvalue weighted by Gasteiger charge is -2.28. The van der Waals surface area contributed by atoms with Crippen LogP contribution in [0, 0.1) is 0 Å². The van der Waals surface area contributed by atoms with Gasteiger partial charge in [-0.25, -0.2) is 4.90 Å². The number of benzene rings is 2. The molecule has 26 heavy (non-hydrogen) atoms. The molecule has 134 valence electrons. The van der Waals surface area contributed by atoms with Crippen molar-refractivity contribution in [2.45, 2.75) is 32.3 Å². The summed E-state index contributed by atoms with van der Waals surface area (Å²) in [6.45, 7) is 7.25. The monoisotopic (exact) mass is 351 g/mol. The van der Waals surface area contributed by atoms with Crippen LogP contribution >= 0.6 is 0 Å². The Morgan fingerprint density at radius 3 is 2.19 bits per heavy atom. The summed E-state index contributed by atoms with van der Waals surface area (Å²) in [4.78, 5) is 27.3. The standard InChI is InChI=1S/C21H21NO4/c1-21(2,3)16-9-6-10-17(26-12-13-11-25-13)18(16)22-19(23)14-7-4-5-8-15(14)20(22)24/h4-10,13H,11-12H2,1-3H3. The van der Waals surface area contributed by atoms with Gasteiger partial charge in [0.15, 0.2) is 0 Å². The van der Waals surface area contributed by atoms with E-state index < -0.39 is 0 Å². The summed E-state index contributed by atoms with van der Waals surface area (Å²) in [5.74, 6) is -0.0907. The highest BCUT2D eigenvalue weighted by molar-refractivity contribution is 6.35. The lowest BCUT2D eigenvalue weighted by atomic mass is 9.85. The summed E-state index contributed by atoms with van der Waals surface area (Å²) < 4.78 is 11.1. The highest BCUT2D eigenvalue weighted by Gasteiger charge is 2.40. The van der Waals surface area contributed by atoms with E-state index in [0.717, 1.165) is 5.56 Å². The zero-order valence-electron chi connectivity index (χ0n) is 15.1. The van der Waals surface area contributed by atoms with Crippen molar-refractivity contribution < 1.29 is 19.1 Å². The predicted octanol–water partition coefficient (Wildman–Crippen LogP) is 3.56. The normalized spacial score (nSPS) is 18.9. The van der Waals surface area contributed by atoms with Crippen molar-refractivity contribution in [1.82, 2.24) is 0 Å². The second-order valence-corrected chi connectivity index (χ2v) is 7.66. The molecule has 0 aromatic heterocycles. The summed E-state index contributed by atoms with van der Waals surface area (Å²) in [6.07, 6.45) is 0.0864. The Morgan fingerprint density at radius 1 is 1.04 bits per heavy atom. The average Bonchev–Trinajstić information content (AvgIpc) is 3.40. The zero-order valence-corrected chi connectivity index (χ0v) is 15.1. The fourth-order valence-electron chi connectivity index (χ4n) is 3.21. The molecule has 1 unspecified atom stereocenters. The van der Waals surface area contributed by atoms with Gasteiger partial charge in [-0.3, -0.25) is 9.59 Å². The minimum absolute atomic E-state index is 0.0864. The summed E-state index contributed by atoms with van der Waals surface area (Å²) >= 11 is 0. The number of hydrogen-bond acceptors (Lipinski definition) is 4. The van der Waals surface area contributed by atoms with E-state index in [0.29, 0.717) is 35.8 Å². The van der Waals surface area contributed by atoms with E-state index in [2.05, 4.69) is 20.8 Å². The Bertz CT molecular complexity index is 858. The molecule has 0 aliphatic carbocycles. The lowest BCUT2D eigenvalue weighted by molar-refractivity contribution is 0.0924. The molecule has 0 spiro atoms. The second-order valence-electron chi connectivity index (χ2n) is 7.66. The van der Waals surface area contributed by atoms with Gasteiger partial charge in [0.1, 0.15) is 18.5 Å². The predicted molar refractivity (Wildman–Crippen MR) is 98.0 cm³/mol. The molecule has 2 aromatic carbocycles. The van der Waals surface area contributed by atoms with E-state index in [1.807, 2.05) is 12.1 Å². The quantitative estimate of drug-likeness (QED) is 0.624.